The molecule has 0 aliphatic rings. The summed E-state index contributed by atoms with van der Waals surface area (Å²) >= 11 is 0. The van der Waals surface area contributed by atoms with Crippen LogP contribution in [0.15, 0.2) is 36.5 Å². The highest BCUT2D eigenvalue weighted by Crippen LogP contribution is 2.35. The summed E-state index contributed by atoms with van der Waals surface area (Å²) in [5.74, 6) is 0.0332. The van der Waals surface area contributed by atoms with Crippen LogP contribution in [-0.4, -0.2) is 9.97 Å². The van der Waals surface area contributed by atoms with E-state index in [-0.39, 0.29) is 17.9 Å². The molecule has 94 valence electrons. The van der Waals surface area contributed by atoms with Crippen LogP contribution in [0.5, 0.6) is 0 Å². The lowest BCUT2D eigenvalue weighted by atomic mass is 10.1. The lowest BCUT2D eigenvalue weighted by Gasteiger charge is -2.11. The molecule has 2 aromatic rings. The minimum absolute atomic E-state index is 0.0332. The molecule has 1 aromatic heterocycles. The maximum absolute atomic E-state index is 12.8. The molecule has 1 aromatic carbocycles. The first-order chi connectivity index (χ1) is 8.52. The summed E-state index contributed by atoms with van der Waals surface area (Å²) in [6.45, 7) is 0.156. The minimum Gasteiger partial charge on any atom is -0.325 e. The first-order valence-electron chi connectivity index (χ1n) is 5.21. The second-order valence-electron chi connectivity index (χ2n) is 3.62. The van der Waals surface area contributed by atoms with Crippen LogP contribution < -0.4 is 5.73 Å². The molecule has 18 heavy (non-hydrogen) atoms. The molecule has 0 bridgehead atoms. The minimum atomic E-state index is -4.43. The standard InChI is InChI=1S/C12H10F3N3/c13-12(14,15)10-4-2-1-3-9(10)11-17-6-5-8(7-16)18-11/h1-6H,7,16H2. The third-order valence-electron chi connectivity index (χ3n) is 2.40. The zero-order valence-electron chi connectivity index (χ0n) is 9.28. The molecule has 0 saturated heterocycles. The van der Waals surface area contributed by atoms with E-state index in [1.807, 2.05) is 0 Å². The maximum Gasteiger partial charge on any atom is 0.417 e. The Hall–Kier alpha value is -1.95. The van der Waals surface area contributed by atoms with E-state index < -0.39 is 11.7 Å². The molecule has 3 nitrogen and oxygen atoms in total. The van der Waals surface area contributed by atoms with Gasteiger partial charge in [0.05, 0.1) is 11.3 Å². The van der Waals surface area contributed by atoms with Crippen molar-refractivity contribution in [2.24, 2.45) is 5.73 Å². The predicted molar refractivity (Wildman–Crippen MR) is 60.4 cm³/mol. The van der Waals surface area contributed by atoms with E-state index in [1.54, 1.807) is 6.07 Å². The van der Waals surface area contributed by atoms with Gasteiger partial charge in [-0.15, -0.1) is 0 Å². The fraction of sp³-hybridized carbons (Fsp3) is 0.167. The lowest BCUT2D eigenvalue weighted by Crippen LogP contribution is -2.09. The van der Waals surface area contributed by atoms with Crippen LogP contribution in [-0.2, 0) is 12.7 Å². The summed E-state index contributed by atoms with van der Waals surface area (Å²) < 4.78 is 38.5. The number of hydrogen-bond donors (Lipinski definition) is 1. The monoisotopic (exact) mass is 253 g/mol. The zero-order valence-corrected chi connectivity index (χ0v) is 9.28. The Bertz CT molecular complexity index is 552. The van der Waals surface area contributed by atoms with Crippen molar-refractivity contribution in [3.8, 4) is 11.4 Å². The van der Waals surface area contributed by atoms with Gasteiger partial charge in [-0.25, -0.2) is 9.97 Å². The average Bonchev–Trinajstić information content (AvgIpc) is 2.38. The molecule has 0 radical (unpaired) electrons. The Balaban J connectivity index is 2.57. The highest BCUT2D eigenvalue weighted by Gasteiger charge is 2.33. The molecule has 0 fully saturated rings. The molecule has 0 amide bonds. The van der Waals surface area contributed by atoms with E-state index in [0.29, 0.717) is 5.69 Å². The number of rotatable bonds is 2. The average molecular weight is 253 g/mol. The van der Waals surface area contributed by atoms with Crippen molar-refractivity contribution in [1.82, 2.24) is 9.97 Å². The molecule has 0 unspecified atom stereocenters. The first kappa shape index (κ1) is 12.5. The van der Waals surface area contributed by atoms with Gasteiger partial charge in [-0.05, 0) is 12.1 Å². The topological polar surface area (TPSA) is 51.8 Å². The van der Waals surface area contributed by atoms with Gasteiger partial charge >= 0.3 is 6.18 Å². The normalized spacial score (nSPS) is 11.6. The van der Waals surface area contributed by atoms with Crippen LogP contribution in [0.25, 0.3) is 11.4 Å². The van der Waals surface area contributed by atoms with E-state index in [0.717, 1.165) is 6.07 Å². The van der Waals surface area contributed by atoms with E-state index in [2.05, 4.69) is 9.97 Å². The second kappa shape index (κ2) is 4.73. The molecular weight excluding hydrogens is 243 g/mol. The fourth-order valence-electron chi connectivity index (χ4n) is 1.56. The molecule has 1 heterocycles. The SMILES string of the molecule is NCc1ccnc(-c2ccccc2C(F)(F)F)n1. The largest absolute Gasteiger partial charge is 0.417 e. The molecule has 0 aliphatic carbocycles. The van der Waals surface area contributed by atoms with E-state index in [4.69, 9.17) is 5.73 Å². The molecule has 0 spiro atoms. The van der Waals surface area contributed by atoms with E-state index in [1.165, 1.54) is 24.4 Å². The molecule has 0 aliphatic heterocycles. The fourth-order valence-corrected chi connectivity index (χ4v) is 1.56. The lowest BCUT2D eigenvalue weighted by molar-refractivity contribution is -0.137. The summed E-state index contributed by atoms with van der Waals surface area (Å²) in [5.41, 5.74) is 5.11. The van der Waals surface area contributed by atoms with Gasteiger partial charge in [-0.3, -0.25) is 0 Å². The van der Waals surface area contributed by atoms with Crippen LogP contribution in [0.3, 0.4) is 0 Å². The molecule has 2 N–H and O–H groups in total. The maximum atomic E-state index is 12.8. The summed E-state index contributed by atoms with van der Waals surface area (Å²) in [5, 5.41) is 0. The van der Waals surface area contributed by atoms with Gasteiger partial charge in [0.25, 0.3) is 0 Å². The number of halogens is 3. The molecule has 6 heteroatoms. The number of nitrogens with zero attached hydrogens (tertiary/aromatic N) is 2. The van der Waals surface area contributed by atoms with Gasteiger partial charge in [0.2, 0.25) is 0 Å². The van der Waals surface area contributed by atoms with Crippen molar-refractivity contribution < 1.29 is 13.2 Å². The first-order valence-corrected chi connectivity index (χ1v) is 5.21. The van der Waals surface area contributed by atoms with Crippen LogP contribution in [0.1, 0.15) is 11.3 Å². The van der Waals surface area contributed by atoms with Gasteiger partial charge in [0.15, 0.2) is 5.82 Å². The third-order valence-corrected chi connectivity index (χ3v) is 2.40. The molecular formula is C12H10F3N3. The van der Waals surface area contributed by atoms with Crippen molar-refractivity contribution in [2.45, 2.75) is 12.7 Å². The summed E-state index contributed by atoms with van der Waals surface area (Å²) in [7, 11) is 0. The van der Waals surface area contributed by atoms with Crippen molar-refractivity contribution >= 4 is 0 Å². The summed E-state index contributed by atoms with van der Waals surface area (Å²) in [4.78, 5) is 7.86. The van der Waals surface area contributed by atoms with Gasteiger partial charge < -0.3 is 5.73 Å². The van der Waals surface area contributed by atoms with E-state index >= 15 is 0 Å². The number of alkyl halides is 3. The Kier molecular flexibility index (Phi) is 3.29. The summed E-state index contributed by atoms with van der Waals surface area (Å²) in [6.07, 6.45) is -3.03. The molecule has 2 rings (SSSR count). The van der Waals surface area contributed by atoms with Crippen molar-refractivity contribution in [3.63, 3.8) is 0 Å². The molecule has 0 atom stereocenters. The zero-order chi connectivity index (χ0) is 13.2. The Labute approximate surface area is 101 Å². The van der Waals surface area contributed by atoms with Gasteiger partial charge in [0.1, 0.15) is 0 Å². The Morgan fingerprint density at radius 1 is 1.11 bits per heavy atom. The second-order valence-corrected chi connectivity index (χ2v) is 3.62. The molecule has 0 saturated carbocycles. The number of aromatic nitrogens is 2. The van der Waals surface area contributed by atoms with Crippen LogP contribution >= 0.6 is 0 Å². The highest BCUT2D eigenvalue weighted by atomic mass is 19.4. The van der Waals surface area contributed by atoms with Gasteiger partial charge in [-0.2, -0.15) is 13.2 Å². The summed E-state index contributed by atoms with van der Waals surface area (Å²) in [6, 6.07) is 6.77. The van der Waals surface area contributed by atoms with Crippen LogP contribution in [0.2, 0.25) is 0 Å². The van der Waals surface area contributed by atoms with Crippen molar-refractivity contribution in [2.75, 3.05) is 0 Å². The quantitative estimate of drug-likeness (QED) is 0.895. The van der Waals surface area contributed by atoms with Gasteiger partial charge in [0, 0.05) is 18.3 Å². The number of benzene rings is 1. The Morgan fingerprint density at radius 3 is 2.50 bits per heavy atom. The van der Waals surface area contributed by atoms with Crippen molar-refractivity contribution in [3.05, 3.63) is 47.8 Å². The number of nitrogens with two attached hydrogens (primary N) is 1. The van der Waals surface area contributed by atoms with Gasteiger partial charge in [-0.1, -0.05) is 18.2 Å². The van der Waals surface area contributed by atoms with E-state index in [9.17, 15) is 13.2 Å². The van der Waals surface area contributed by atoms with Crippen LogP contribution in [0.4, 0.5) is 13.2 Å². The van der Waals surface area contributed by atoms with Crippen LogP contribution in [0, 0.1) is 0 Å². The highest BCUT2D eigenvalue weighted by molar-refractivity contribution is 5.61. The van der Waals surface area contributed by atoms with Crippen molar-refractivity contribution in [1.29, 1.82) is 0 Å². The smallest absolute Gasteiger partial charge is 0.325 e. The number of hydrogen-bond acceptors (Lipinski definition) is 3. The predicted octanol–water partition coefficient (Wildman–Crippen LogP) is 2.62. The Morgan fingerprint density at radius 2 is 1.83 bits per heavy atom. The third kappa shape index (κ3) is 2.48.